The lowest BCUT2D eigenvalue weighted by Gasteiger charge is -2.20. The summed E-state index contributed by atoms with van der Waals surface area (Å²) in [6.45, 7) is 11.8. The van der Waals surface area contributed by atoms with Gasteiger partial charge in [0.2, 0.25) is 0 Å². The van der Waals surface area contributed by atoms with Gasteiger partial charge in [-0.05, 0) is 57.5 Å². The van der Waals surface area contributed by atoms with Crippen LogP contribution in [0.3, 0.4) is 0 Å². The topological polar surface area (TPSA) is 55.8 Å². The van der Waals surface area contributed by atoms with E-state index in [0.29, 0.717) is 11.6 Å². The number of hydrogen-bond acceptors (Lipinski definition) is 4. The Kier molecular flexibility index (Phi) is 6.67. The molecule has 0 fully saturated rings. The Labute approximate surface area is 135 Å². The Morgan fingerprint density at radius 2 is 1.95 bits per heavy atom. The van der Waals surface area contributed by atoms with Crippen molar-refractivity contribution in [1.82, 2.24) is 0 Å². The second-order valence-corrected chi connectivity index (χ2v) is 8.04. The third-order valence-electron chi connectivity index (χ3n) is 3.02. The number of carbonyl (C=O) groups is 1. The van der Waals surface area contributed by atoms with Crippen LogP contribution in [0.15, 0.2) is 18.2 Å². The molecule has 0 spiro atoms. The first kappa shape index (κ1) is 18.8. The smallest absolute Gasteiger partial charge is 0.504 e. The van der Waals surface area contributed by atoms with Gasteiger partial charge in [-0.15, -0.1) is 8.58 Å². The molecule has 1 aromatic carbocycles. The van der Waals surface area contributed by atoms with Gasteiger partial charge in [0.1, 0.15) is 5.60 Å². The molecule has 0 aromatic heterocycles. The first-order chi connectivity index (χ1) is 10.1. The average Bonchev–Trinajstić information content (AvgIpc) is 2.36. The molecule has 1 rings (SSSR count). The van der Waals surface area contributed by atoms with Crippen molar-refractivity contribution in [2.45, 2.75) is 52.3 Å². The molecule has 22 heavy (non-hydrogen) atoms. The fraction of sp³-hybridized carbons (Fsp3) is 0.588. The summed E-state index contributed by atoms with van der Waals surface area (Å²) in [5.41, 5.74) is 0.864. The molecule has 1 aromatic rings. The second kappa shape index (κ2) is 7.82. The van der Waals surface area contributed by atoms with Crippen LogP contribution < -0.4 is 4.74 Å². The molecule has 5 heteroatoms. The molecule has 2 atom stereocenters. The Morgan fingerprint density at radius 1 is 1.32 bits per heavy atom. The summed E-state index contributed by atoms with van der Waals surface area (Å²) in [6, 6.07) is 5.22. The zero-order chi connectivity index (χ0) is 16.9. The second-order valence-electron chi connectivity index (χ2n) is 6.76. The monoisotopic (exact) mass is 326 g/mol. The summed E-state index contributed by atoms with van der Waals surface area (Å²) in [6.07, 6.45) is 0.257. The van der Waals surface area contributed by atoms with E-state index in [1.807, 2.05) is 6.07 Å². The molecule has 1 N–H and O–H groups in total. The van der Waals surface area contributed by atoms with Crippen LogP contribution in [0.5, 0.6) is 11.5 Å². The first-order valence-corrected chi connectivity index (χ1v) is 9.11. The molecule has 0 saturated carbocycles. The third kappa shape index (κ3) is 6.23. The largest absolute Gasteiger partial charge is 0.514 e. The summed E-state index contributed by atoms with van der Waals surface area (Å²) in [5, 5.41) is 10.1. The minimum Gasteiger partial charge on any atom is -0.504 e. The van der Waals surface area contributed by atoms with Crippen LogP contribution in [0.1, 0.15) is 52.3 Å². The molecule has 4 nitrogen and oxygen atoms in total. The highest BCUT2D eigenvalue weighted by atomic mass is 31.1. The van der Waals surface area contributed by atoms with Gasteiger partial charge in [0.25, 0.3) is 0 Å². The normalized spacial score (nSPS) is 13.6. The maximum atomic E-state index is 11.6. The van der Waals surface area contributed by atoms with E-state index in [1.165, 1.54) is 0 Å². The Balaban J connectivity index is 2.83. The number of rotatable bonds is 5. The minimum atomic E-state index is -0.813. The number of phenols is 1. The van der Waals surface area contributed by atoms with Crippen molar-refractivity contribution in [2.75, 3.05) is 6.66 Å². The Morgan fingerprint density at radius 3 is 2.41 bits per heavy atom. The van der Waals surface area contributed by atoms with Crippen molar-refractivity contribution in [3.63, 3.8) is 0 Å². The van der Waals surface area contributed by atoms with Crippen LogP contribution in [0, 0.1) is 5.92 Å². The highest BCUT2D eigenvalue weighted by molar-refractivity contribution is 7.37. The lowest BCUT2D eigenvalue weighted by molar-refractivity contribution is 0.0200. The zero-order valence-corrected chi connectivity index (χ0v) is 15.3. The fourth-order valence-electron chi connectivity index (χ4n) is 2.09. The molecule has 0 saturated heterocycles. The lowest BCUT2D eigenvalue weighted by atomic mass is 10.0. The summed E-state index contributed by atoms with van der Waals surface area (Å²) >= 11 is 0. The minimum absolute atomic E-state index is 0.0321. The third-order valence-corrected chi connectivity index (χ3v) is 4.29. The molecule has 0 aliphatic rings. The number of ether oxygens (including phenoxy) is 2. The van der Waals surface area contributed by atoms with E-state index in [-0.39, 0.29) is 11.5 Å². The Hall–Kier alpha value is -1.28. The van der Waals surface area contributed by atoms with Crippen molar-refractivity contribution in [2.24, 2.45) is 5.92 Å². The average molecular weight is 326 g/mol. The van der Waals surface area contributed by atoms with Gasteiger partial charge in [-0.1, -0.05) is 19.9 Å². The molecule has 0 heterocycles. The van der Waals surface area contributed by atoms with Gasteiger partial charge in [-0.25, -0.2) is 4.79 Å². The summed E-state index contributed by atoms with van der Waals surface area (Å²) in [5.74, 6) is 0.688. The summed E-state index contributed by atoms with van der Waals surface area (Å²) in [4.78, 5) is 11.6. The van der Waals surface area contributed by atoms with E-state index in [4.69, 9.17) is 9.47 Å². The van der Waals surface area contributed by atoms with E-state index >= 15 is 0 Å². The molecule has 124 valence electrons. The summed E-state index contributed by atoms with van der Waals surface area (Å²) in [7, 11) is 0.757. The van der Waals surface area contributed by atoms with Crippen molar-refractivity contribution in [1.29, 1.82) is 0 Å². The van der Waals surface area contributed by atoms with E-state index in [2.05, 4.69) is 20.5 Å². The molecule has 2 unspecified atom stereocenters. The van der Waals surface area contributed by atoms with Crippen LogP contribution in [-0.4, -0.2) is 23.5 Å². The van der Waals surface area contributed by atoms with Crippen molar-refractivity contribution in [3.8, 4) is 11.5 Å². The van der Waals surface area contributed by atoms with Gasteiger partial charge in [0.15, 0.2) is 11.5 Å². The van der Waals surface area contributed by atoms with Crippen molar-refractivity contribution < 1.29 is 19.4 Å². The number of carbonyl (C=O) groups excluding carboxylic acids is 1. The predicted octanol–water partition coefficient (Wildman–Crippen LogP) is 5.10. The fourth-order valence-corrected chi connectivity index (χ4v) is 3.31. The molecule has 0 amide bonds. The van der Waals surface area contributed by atoms with Crippen LogP contribution in [0.4, 0.5) is 4.79 Å². The molecule has 0 radical (unpaired) electrons. The van der Waals surface area contributed by atoms with Gasteiger partial charge >= 0.3 is 6.16 Å². The predicted molar refractivity (Wildman–Crippen MR) is 91.4 cm³/mol. The van der Waals surface area contributed by atoms with Gasteiger partial charge < -0.3 is 14.6 Å². The van der Waals surface area contributed by atoms with Crippen molar-refractivity contribution >= 4 is 14.7 Å². The maximum absolute atomic E-state index is 11.6. The number of phenolic OH excluding ortho intramolecular Hbond substituents is 1. The SMILES string of the molecule is CPC(CC(C)C)c1ccc(OC(=O)OC(C)(C)C)c(O)c1. The maximum Gasteiger partial charge on any atom is 0.514 e. The number of aromatic hydroxyl groups is 1. The Bertz CT molecular complexity index is 506. The quantitative estimate of drug-likeness (QED) is 0.464. The first-order valence-electron chi connectivity index (χ1n) is 7.53. The van der Waals surface area contributed by atoms with Crippen LogP contribution >= 0.6 is 8.58 Å². The van der Waals surface area contributed by atoms with E-state index in [9.17, 15) is 9.90 Å². The molecule has 0 bridgehead atoms. The molecule has 0 aliphatic heterocycles. The zero-order valence-electron chi connectivity index (χ0n) is 14.3. The highest BCUT2D eigenvalue weighted by Crippen LogP contribution is 2.40. The van der Waals surface area contributed by atoms with Crippen LogP contribution in [0.25, 0.3) is 0 Å². The van der Waals surface area contributed by atoms with E-state index < -0.39 is 11.8 Å². The van der Waals surface area contributed by atoms with Gasteiger partial charge in [-0.3, -0.25) is 0 Å². The van der Waals surface area contributed by atoms with Gasteiger partial charge in [-0.2, -0.15) is 0 Å². The highest BCUT2D eigenvalue weighted by Gasteiger charge is 2.20. The van der Waals surface area contributed by atoms with Crippen LogP contribution in [0.2, 0.25) is 0 Å². The molecular formula is C17H27O4P. The number of benzene rings is 1. The van der Waals surface area contributed by atoms with Gasteiger partial charge in [0.05, 0.1) is 0 Å². The van der Waals surface area contributed by atoms with Gasteiger partial charge in [0, 0.05) is 5.66 Å². The molecular weight excluding hydrogens is 299 g/mol. The molecule has 0 aliphatic carbocycles. The summed E-state index contributed by atoms with van der Waals surface area (Å²) < 4.78 is 10.1. The van der Waals surface area contributed by atoms with Crippen LogP contribution in [-0.2, 0) is 4.74 Å². The van der Waals surface area contributed by atoms with E-state index in [1.54, 1.807) is 32.9 Å². The lowest BCUT2D eigenvalue weighted by Crippen LogP contribution is -2.26. The van der Waals surface area contributed by atoms with Crippen molar-refractivity contribution in [3.05, 3.63) is 23.8 Å². The van der Waals surface area contributed by atoms with E-state index in [0.717, 1.165) is 20.6 Å². The number of hydrogen-bond donors (Lipinski definition) is 1. The standard InChI is InChI=1S/C17H27O4P/c1-11(2)9-15(22-6)12-7-8-14(13(18)10-12)20-16(19)21-17(3,4)5/h7-8,10-11,15,18,22H,9H2,1-6H3.